The first-order chi connectivity index (χ1) is 8.20. The summed E-state index contributed by atoms with van der Waals surface area (Å²) >= 11 is 5.16. The molecule has 1 unspecified atom stereocenters. The fraction of sp³-hybridized carbons (Fsp3) is 0.0714. The van der Waals surface area contributed by atoms with E-state index >= 15 is 0 Å². The third-order valence-corrected chi connectivity index (χ3v) is 3.47. The molecule has 0 N–H and O–H groups in total. The van der Waals surface area contributed by atoms with Crippen molar-refractivity contribution in [3.05, 3.63) is 59.2 Å². The minimum absolute atomic E-state index is 0.0687. The normalized spacial score (nSPS) is 22.0. The van der Waals surface area contributed by atoms with Gasteiger partial charge in [-0.3, -0.25) is 9.59 Å². The summed E-state index contributed by atoms with van der Waals surface area (Å²) in [5, 5.41) is 0. The van der Waals surface area contributed by atoms with E-state index in [2.05, 4.69) is 0 Å². The lowest BCUT2D eigenvalue weighted by atomic mass is 9.75. The highest BCUT2D eigenvalue weighted by Gasteiger charge is 2.38. The summed E-state index contributed by atoms with van der Waals surface area (Å²) in [4.78, 5) is 25.0. The largest absolute Gasteiger partial charge is 0.293 e. The van der Waals surface area contributed by atoms with Crippen LogP contribution in [0.1, 0.15) is 20.7 Å². The zero-order valence-corrected chi connectivity index (χ0v) is 9.66. The first kappa shape index (κ1) is 10.3. The number of ketones is 2. The second-order valence-corrected chi connectivity index (χ2v) is 4.53. The van der Waals surface area contributed by atoms with Gasteiger partial charge < -0.3 is 0 Å². The first-order valence-electron chi connectivity index (χ1n) is 5.30. The van der Waals surface area contributed by atoms with Crippen molar-refractivity contribution in [2.75, 3.05) is 0 Å². The lowest BCUT2D eigenvalue weighted by Crippen LogP contribution is -2.34. The number of rotatable bonds is 0. The number of allylic oxidation sites excluding steroid dienone is 4. The molecule has 82 valence electrons. The molecule has 3 rings (SSSR count). The molecule has 0 radical (unpaired) electrons. The Morgan fingerprint density at radius 1 is 1.06 bits per heavy atom. The third kappa shape index (κ3) is 1.36. The van der Waals surface area contributed by atoms with E-state index in [9.17, 15) is 9.59 Å². The number of hydrogen-bond donors (Lipinski definition) is 0. The smallest absolute Gasteiger partial charge is 0.190 e. The molecule has 0 aliphatic heterocycles. The van der Waals surface area contributed by atoms with Gasteiger partial charge in [-0.1, -0.05) is 48.6 Å². The van der Waals surface area contributed by atoms with E-state index in [1.165, 1.54) is 0 Å². The van der Waals surface area contributed by atoms with Gasteiger partial charge in [-0.25, -0.2) is 0 Å². The van der Waals surface area contributed by atoms with Gasteiger partial charge >= 0.3 is 0 Å². The van der Waals surface area contributed by atoms with Crippen molar-refractivity contribution in [2.24, 2.45) is 5.92 Å². The molecular weight excluding hydrogens is 232 g/mol. The van der Waals surface area contributed by atoms with Gasteiger partial charge in [-0.05, 0) is 6.08 Å². The van der Waals surface area contributed by atoms with Crippen molar-refractivity contribution in [3.63, 3.8) is 0 Å². The minimum atomic E-state index is -0.558. The van der Waals surface area contributed by atoms with Crippen LogP contribution >= 0.6 is 12.2 Å². The van der Waals surface area contributed by atoms with Crippen molar-refractivity contribution in [2.45, 2.75) is 0 Å². The van der Waals surface area contributed by atoms with E-state index in [0.717, 1.165) is 0 Å². The topological polar surface area (TPSA) is 34.1 Å². The third-order valence-electron chi connectivity index (χ3n) is 3.09. The van der Waals surface area contributed by atoms with Crippen molar-refractivity contribution < 1.29 is 9.59 Å². The van der Waals surface area contributed by atoms with Crippen LogP contribution in [0.5, 0.6) is 0 Å². The Balaban J connectivity index is 2.28. The van der Waals surface area contributed by atoms with E-state index in [1.54, 1.807) is 42.5 Å². The zero-order valence-electron chi connectivity index (χ0n) is 8.84. The lowest BCUT2D eigenvalue weighted by Gasteiger charge is -2.26. The van der Waals surface area contributed by atoms with Gasteiger partial charge in [0.25, 0.3) is 0 Å². The summed E-state index contributed by atoms with van der Waals surface area (Å²) < 4.78 is 0. The van der Waals surface area contributed by atoms with Crippen LogP contribution in [0.3, 0.4) is 0 Å². The lowest BCUT2D eigenvalue weighted by molar-refractivity contribution is 0.0912. The standard InChI is InChI=1S/C14H8O2S/c15-13-8-4-1-2-5-9(8)14(16)12-10(13)6-3-7-11(12)17/h1-7,12H. The van der Waals surface area contributed by atoms with E-state index in [1.807, 2.05) is 0 Å². The summed E-state index contributed by atoms with van der Waals surface area (Å²) in [7, 11) is 0. The molecule has 0 saturated heterocycles. The molecule has 1 aromatic rings. The van der Waals surface area contributed by atoms with Crippen LogP contribution in [0.25, 0.3) is 0 Å². The molecule has 2 aliphatic rings. The average molecular weight is 240 g/mol. The molecule has 0 spiro atoms. The van der Waals surface area contributed by atoms with Crippen molar-refractivity contribution in [3.8, 4) is 0 Å². The minimum Gasteiger partial charge on any atom is -0.293 e. The molecule has 0 aromatic heterocycles. The highest BCUT2D eigenvalue weighted by molar-refractivity contribution is 7.80. The second-order valence-electron chi connectivity index (χ2n) is 4.06. The molecular formula is C14H8O2S. The van der Waals surface area contributed by atoms with E-state index < -0.39 is 5.92 Å². The number of carbonyl (C=O) groups excluding carboxylic acids is 2. The Hall–Kier alpha value is -1.87. The number of thiocarbonyl (C=S) groups is 1. The highest BCUT2D eigenvalue weighted by Crippen LogP contribution is 2.32. The van der Waals surface area contributed by atoms with Crippen molar-refractivity contribution >= 4 is 28.6 Å². The molecule has 0 saturated carbocycles. The van der Waals surface area contributed by atoms with E-state index in [-0.39, 0.29) is 11.6 Å². The summed E-state index contributed by atoms with van der Waals surface area (Å²) in [6.45, 7) is 0. The van der Waals surface area contributed by atoms with Gasteiger partial charge in [0, 0.05) is 21.6 Å². The molecule has 0 bridgehead atoms. The van der Waals surface area contributed by atoms with Crippen LogP contribution < -0.4 is 0 Å². The maximum atomic E-state index is 12.3. The van der Waals surface area contributed by atoms with Gasteiger partial charge in [0.1, 0.15) is 0 Å². The Kier molecular flexibility index (Phi) is 2.16. The Labute approximate surface area is 104 Å². The molecule has 2 aliphatic carbocycles. The van der Waals surface area contributed by atoms with Crippen LogP contribution in [0.4, 0.5) is 0 Å². The maximum absolute atomic E-state index is 12.3. The first-order valence-corrected chi connectivity index (χ1v) is 5.71. The number of fused-ring (bicyclic) bond motifs is 2. The molecule has 0 heterocycles. The number of carbonyl (C=O) groups is 2. The molecule has 0 fully saturated rings. The van der Waals surface area contributed by atoms with Gasteiger partial charge in [-0.2, -0.15) is 0 Å². The number of Topliss-reactive ketones (excluding diaryl/α,β-unsaturated/α-hetero) is 2. The fourth-order valence-electron chi connectivity index (χ4n) is 2.28. The molecule has 1 atom stereocenters. The summed E-state index contributed by atoms with van der Waals surface area (Å²) in [5.41, 5.74) is 1.47. The summed E-state index contributed by atoms with van der Waals surface area (Å²) in [6, 6.07) is 6.91. The van der Waals surface area contributed by atoms with Crippen LogP contribution in [-0.4, -0.2) is 16.4 Å². The molecule has 17 heavy (non-hydrogen) atoms. The van der Waals surface area contributed by atoms with Gasteiger partial charge in [0.2, 0.25) is 0 Å². The average Bonchev–Trinajstić information content (AvgIpc) is 2.36. The SMILES string of the molecule is O=C1C2=CC=CC(=S)C2C(=O)c2ccccc21. The van der Waals surface area contributed by atoms with Crippen molar-refractivity contribution in [1.82, 2.24) is 0 Å². The highest BCUT2D eigenvalue weighted by atomic mass is 32.1. The van der Waals surface area contributed by atoms with Gasteiger partial charge in [-0.15, -0.1) is 0 Å². The monoisotopic (exact) mass is 240 g/mol. The van der Waals surface area contributed by atoms with Crippen LogP contribution in [0.2, 0.25) is 0 Å². The molecule has 1 aromatic carbocycles. The van der Waals surface area contributed by atoms with Crippen LogP contribution in [0, 0.1) is 5.92 Å². The predicted octanol–water partition coefficient (Wildman–Crippen LogP) is 2.55. The molecule has 0 amide bonds. The van der Waals surface area contributed by atoms with Crippen molar-refractivity contribution in [1.29, 1.82) is 0 Å². The second kappa shape index (κ2) is 3.57. The number of benzene rings is 1. The van der Waals surface area contributed by atoms with Gasteiger partial charge in [0.15, 0.2) is 11.6 Å². The Bertz CT molecular complexity index is 623. The van der Waals surface area contributed by atoms with Crippen LogP contribution in [-0.2, 0) is 0 Å². The molecule has 3 heteroatoms. The van der Waals surface area contributed by atoms with E-state index in [4.69, 9.17) is 12.2 Å². The van der Waals surface area contributed by atoms with Gasteiger partial charge in [0.05, 0.1) is 5.92 Å². The fourth-order valence-corrected chi connectivity index (χ4v) is 2.59. The Morgan fingerprint density at radius 2 is 1.76 bits per heavy atom. The van der Waals surface area contributed by atoms with E-state index in [0.29, 0.717) is 21.6 Å². The number of hydrogen-bond acceptors (Lipinski definition) is 3. The Morgan fingerprint density at radius 3 is 2.53 bits per heavy atom. The zero-order chi connectivity index (χ0) is 12.0. The summed E-state index contributed by atoms with van der Waals surface area (Å²) in [5.74, 6) is -0.713. The quantitative estimate of drug-likeness (QED) is 0.653. The molecule has 2 nitrogen and oxygen atoms in total. The predicted molar refractivity (Wildman–Crippen MR) is 68.4 cm³/mol. The summed E-state index contributed by atoms with van der Waals surface area (Å²) in [6.07, 6.45) is 5.13. The van der Waals surface area contributed by atoms with Crippen LogP contribution in [0.15, 0.2) is 48.1 Å². The maximum Gasteiger partial charge on any atom is 0.190 e.